The van der Waals surface area contributed by atoms with Gasteiger partial charge in [-0.15, -0.1) is 0 Å². The van der Waals surface area contributed by atoms with E-state index >= 15 is 0 Å². The minimum absolute atomic E-state index is 0.0462. The number of nitrogens with zero attached hydrogens (tertiary/aromatic N) is 3. The quantitative estimate of drug-likeness (QED) is 0.868. The maximum absolute atomic E-state index is 13.0. The Kier molecular flexibility index (Phi) is 5.19. The number of benzene rings is 1. The van der Waals surface area contributed by atoms with Crippen LogP contribution in [0.4, 0.5) is 0 Å². The molecular weight excluding hydrogens is 340 g/mol. The molecule has 2 aromatic rings. The maximum Gasteiger partial charge on any atom is 0.256 e. The van der Waals surface area contributed by atoms with E-state index in [9.17, 15) is 13.2 Å². The van der Waals surface area contributed by atoms with Crippen LogP contribution in [0.15, 0.2) is 42.7 Å². The fourth-order valence-corrected chi connectivity index (χ4v) is 3.66. The average molecular weight is 362 g/mol. The third-order valence-electron chi connectivity index (χ3n) is 4.33. The summed E-state index contributed by atoms with van der Waals surface area (Å²) in [5, 5.41) is 4.22. The predicted molar refractivity (Wildman–Crippen MR) is 95.0 cm³/mol. The van der Waals surface area contributed by atoms with Crippen molar-refractivity contribution >= 4 is 15.9 Å². The molecule has 1 N–H and O–H groups in total. The van der Waals surface area contributed by atoms with Crippen molar-refractivity contribution in [3.8, 4) is 5.69 Å². The molecule has 1 aliphatic heterocycles. The van der Waals surface area contributed by atoms with Crippen molar-refractivity contribution in [2.75, 3.05) is 25.9 Å². The van der Waals surface area contributed by atoms with Crippen molar-refractivity contribution in [1.29, 1.82) is 0 Å². The molecule has 25 heavy (non-hydrogen) atoms. The summed E-state index contributed by atoms with van der Waals surface area (Å²) in [6.45, 7) is 1.60. The number of nitrogens with one attached hydrogen (secondary N) is 1. The molecule has 0 aliphatic carbocycles. The largest absolute Gasteiger partial charge is 0.338 e. The summed E-state index contributed by atoms with van der Waals surface area (Å²) in [6.07, 6.45) is 6.41. The lowest BCUT2D eigenvalue weighted by Gasteiger charge is -2.33. The summed E-state index contributed by atoms with van der Waals surface area (Å²) < 4.78 is 26.8. The molecule has 8 heteroatoms. The summed E-state index contributed by atoms with van der Waals surface area (Å²) in [5.74, 6) is 0.0828. The monoisotopic (exact) mass is 362 g/mol. The van der Waals surface area contributed by atoms with Crippen LogP contribution < -0.4 is 4.72 Å². The Morgan fingerprint density at radius 3 is 2.84 bits per heavy atom. The molecule has 134 valence electrons. The first kappa shape index (κ1) is 17.6. The van der Waals surface area contributed by atoms with Gasteiger partial charge < -0.3 is 4.90 Å². The molecule has 1 aromatic carbocycles. The molecule has 1 aliphatic rings. The SMILES string of the molecule is CS(=O)(=O)NCC1CCCN(C(=O)c2ccccc2-n2cccn2)C1. The van der Waals surface area contributed by atoms with Crippen molar-refractivity contribution in [3.05, 3.63) is 48.3 Å². The van der Waals surface area contributed by atoms with Gasteiger partial charge in [0.2, 0.25) is 10.0 Å². The summed E-state index contributed by atoms with van der Waals surface area (Å²) in [6, 6.07) is 9.20. The minimum Gasteiger partial charge on any atom is -0.338 e. The van der Waals surface area contributed by atoms with Gasteiger partial charge in [0, 0.05) is 32.0 Å². The topological polar surface area (TPSA) is 84.3 Å². The van der Waals surface area contributed by atoms with E-state index in [1.54, 1.807) is 28.0 Å². The fourth-order valence-electron chi connectivity index (χ4n) is 3.12. The van der Waals surface area contributed by atoms with Gasteiger partial charge in [-0.05, 0) is 37.0 Å². The molecule has 7 nitrogen and oxygen atoms in total. The van der Waals surface area contributed by atoms with Gasteiger partial charge in [0.1, 0.15) is 0 Å². The first-order chi connectivity index (χ1) is 11.9. The Labute approximate surface area is 147 Å². The number of sulfonamides is 1. The average Bonchev–Trinajstić information content (AvgIpc) is 3.13. The molecule has 0 radical (unpaired) electrons. The standard InChI is InChI=1S/C17H22N4O3S/c1-25(23,24)19-12-14-6-4-10-20(13-14)17(22)15-7-2-3-8-16(15)21-11-5-9-18-21/h2-3,5,7-9,11,14,19H,4,6,10,12-13H2,1H3. The van der Waals surface area contributed by atoms with Crippen LogP contribution in [-0.2, 0) is 10.0 Å². The molecule has 0 spiro atoms. The van der Waals surface area contributed by atoms with E-state index in [1.165, 1.54) is 0 Å². The Morgan fingerprint density at radius 2 is 2.12 bits per heavy atom. The summed E-state index contributed by atoms with van der Waals surface area (Å²) in [4.78, 5) is 14.8. The van der Waals surface area contributed by atoms with Crippen LogP contribution >= 0.6 is 0 Å². The molecule has 2 heterocycles. The van der Waals surface area contributed by atoms with Crippen molar-refractivity contribution in [1.82, 2.24) is 19.4 Å². The van der Waals surface area contributed by atoms with Gasteiger partial charge in [-0.3, -0.25) is 4.79 Å². The third kappa shape index (κ3) is 4.46. The smallest absolute Gasteiger partial charge is 0.256 e. The van der Waals surface area contributed by atoms with E-state index in [0.717, 1.165) is 24.8 Å². The normalized spacial score (nSPS) is 18.3. The van der Waals surface area contributed by atoms with E-state index in [0.29, 0.717) is 25.2 Å². The molecule has 1 unspecified atom stereocenters. The second-order valence-electron chi connectivity index (χ2n) is 6.35. The highest BCUT2D eigenvalue weighted by atomic mass is 32.2. The van der Waals surface area contributed by atoms with Crippen LogP contribution in [-0.4, -0.2) is 54.9 Å². The Balaban J connectivity index is 1.75. The summed E-state index contributed by atoms with van der Waals surface area (Å²) >= 11 is 0. The molecule has 1 saturated heterocycles. The lowest BCUT2D eigenvalue weighted by Crippen LogP contribution is -2.43. The number of piperidine rings is 1. The van der Waals surface area contributed by atoms with Crippen LogP contribution in [0.3, 0.4) is 0 Å². The Hall–Kier alpha value is -2.19. The zero-order valence-electron chi connectivity index (χ0n) is 14.1. The third-order valence-corrected chi connectivity index (χ3v) is 5.02. The number of hydrogen-bond donors (Lipinski definition) is 1. The van der Waals surface area contributed by atoms with E-state index in [1.807, 2.05) is 24.3 Å². The van der Waals surface area contributed by atoms with Gasteiger partial charge in [-0.25, -0.2) is 17.8 Å². The Bertz CT molecular complexity index is 833. The number of hydrogen-bond acceptors (Lipinski definition) is 4. The van der Waals surface area contributed by atoms with Crippen molar-refractivity contribution < 1.29 is 13.2 Å². The number of amides is 1. The van der Waals surface area contributed by atoms with Crippen LogP contribution in [0.25, 0.3) is 5.69 Å². The van der Waals surface area contributed by atoms with Crippen molar-refractivity contribution in [2.24, 2.45) is 5.92 Å². The molecule has 1 amide bonds. The van der Waals surface area contributed by atoms with Gasteiger partial charge in [0.05, 0.1) is 17.5 Å². The number of carbonyl (C=O) groups is 1. The second kappa shape index (κ2) is 7.37. The van der Waals surface area contributed by atoms with Gasteiger partial charge in [-0.2, -0.15) is 5.10 Å². The zero-order valence-corrected chi connectivity index (χ0v) is 14.9. The summed E-state index contributed by atoms with van der Waals surface area (Å²) in [7, 11) is -3.21. The lowest BCUT2D eigenvalue weighted by molar-refractivity contribution is 0.0676. The fraction of sp³-hybridized carbons (Fsp3) is 0.412. The van der Waals surface area contributed by atoms with E-state index in [2.05, 4.69) is 9.82 Å². The minimum atomic E-state index is -3.21. The Morgan fingerprint density at radius 1 is 1.32 bits per heavy atom. The molecule has 1 atom stereocenters. The molecule has 0 saturated carbocycles. The highest BCUT2D eigenvalue weighted by Gasteiger charge is 2.26. The highest BCUT2D eigenvalue weighted by molar-refractivity contribution is 7.88. The molecule has 1 fully saturated rings. The number of carbonyl (C=O) groups excluding carboxylic acids is 1. The zero-order chi connectivity index (χ0) is 17.9. The van der Waals surface area contributed by atoms with Gasteiger partial charge in [0.25, 0.3) is 5.91 Å². The number of para-hydroxylation sites is 1. The van der Waals surface area contributed by atoms with Crippen LogP contribution in [0.1, 0.15) is 23.2 Å². The van der Waals surface area contributed by atoms with Gasteiger partial charge in [-0.1, -0.05) is 12.1 Å². The van der Waals surface area contributed by atoms with E-state index < -0.39 is 10.0 Å². The molecular formula is C17H22N4O3S. The first-order valence-corrected chi connectivity index (χ1v) is 10.2. The van der Waals surface area contributed by atoms with Crippen molar-refractivity contribution in [2.45, 2.75) is 12.8 Å². The van der Waals surface area contributed by atoms with E-state index in [4.69, 9.17) is 0 Å². The first-order valence-electron chi connectivity index (χ1n) is 8.27. The highest BCUT2D eigenvalue weighted by Crippen LogP contribution is 2.21. The second-order valence-corrected chi connectivity index (χ2v) is 8.18. The number of likely N-dealkylation sites (tertiary alicyclic amines) is 1. The van der Waals surface area contributed by atoms with Crippen molar-refractivity contribution in [3.63, 3.8) is 0 Å². The van der Waals surface area contributed by atoms with Crippen LogP contribution in [0.2, 0.25) is 0 Å². The molecule has 3 rings (SSSR count). The lowest BCUT2D eigenvalue weighted by atomic mass is 9.97. The molecule has 0 bridgehead atoms. The van der Waals surface area contributed by atoms with E-state index in [-0.39, 0.29) is 11.8 Å². The molecule has 1 aromatic heterocycles. The number of aromatic nitrogens is 2. The van der Waals surface area contributed by atoms with Gasteiger partial charge >= 0.3 is 0 Å². The van der Waals surface area contributed by atoms with Crippen LogP contribution in [0, 0.1) is 5.92 Å². The maximum atomic E-state index is 13.0. The predicted octanol–water partition coefficient (Wildman–Crippen LogP) is 1.27. The number of rotatable bonds is 5. The summed E-state index contributed by atoms with van der Waals surface area (Å²) in [5.41, 5.74) is 1.34. The van der Waals surface area contributed by atoms with Crippen LogP contribution in [0.5, 0.6) is 0 Å². The van der Waals surface area contributed by atoms with Gasteiger partial charge in [0.15, 0.2) is 0 Å².